The van der Waals surface area contributed by atoms with E-state index in [1.807, 2.05) is 25.1 Å². The van der Waals surface area contributed by atoms with Crippen LogP contribution < -0.4 is 10.6 Å². The molecule has 3 rings (SSSR count). The first-order chi connectivity index (χ1) is 11.8. The average Bonchev–Trinajstić information content (AvgIpc) is 2.99. The van der Waals surface area contributed by atoms with Crippen LogP contribution in [-0.4, -0.2) is 49.9 Å². The molecule has 0 unspecified atom stereocenters. The summed E-state index contributed by atoms with van der Waals surface area (Å²) in [5.74, 6) is 0.104. The minimum absolute atomic E-state index is 0. The summed E-state index contributed by atoms with van der Waals surface area (Å²) in [6.07, 6.45) is 2.14. The number of benzene rings is 1. The van der Waals surface area contributed by atoms with E-state index in [1.54, 1.807) is 0 Å². The van der Waals surface area contributed by atoms with E-state index in [0.717, 1.165) is 17.3 Å². The lowest BCUT2D eigenvalue weighted by atomic mass is 9.96. The van der Waals surface area contributed by atoms with E-state index >= 15 is 0 Å². The third kappa shape index (κ3) is 3.87. The molecule has 26 heavy (non-hydrogen) atoms. The zero-order valence-electron chi connectivity index (χ0n) is 14.9. The number of fused-ring (bicyclic) bond motifs is 1. The predicted octanol–water partition coefficient (Wildman–Crippen LogP) is 1.38. The Labute approximate surface area is 159 Å². The fourth-order valence-electron chi connectivity index (χ4n) is 3.28. The van der Waals surface area contributed by atoms with Crippen LogP contribution in [0.25, 0.3) is 11.1 Å². The number of nitrogens with zero attached hydrogens (tertiary/aromatic N) is 1. The molecule has 1 fully saturated rings. The molecule has 1 saturated heterocycles. The number of carbonyl (C=O) groups excluding carboxylic acids is 1. The molecule has 2 aromatic rings. The first-order valence-corrected chi connectivity index (χ1v) is 10.3. The zero-order valence-corrected chi connectivity index (χ0v) is 16.5. The van der Waals surface area contributed by atoms with Crippen molar-refractivity contribution >= 4 is 39.3 Å². The molecule has 9 heteroatoms. The summed E-state index contributed by atoms with van der Waals surface area (Å²) in [4.78, 5) is 17.1. The van der Waals surface area contributed by atoms with Gasteiger partial charge in [0.2, 0.25) is 5.91 Å². The van der Waals surface area contributed by atoms with E-state index in [2.05, 4.69) is 15.6 Å². The molecule has 1 aromatic heterocycles. The first kappa shape index (κ1) is 20.7. The van der Waals surface area contributed by atoms with E-state index in [1.165, 1.54) is 0 Å². The lowest BCUT2D eigenvalue weighted by molar-refractivity contribution is -0.124. The fourth-order valence-corrected chi connectivity index (χ4v) is 4.63. The number of rotatable bonds is 5. The monoisotopic (exact) mass is 401 g/mol. The summed E-state index contributed by atoms with van der Waals surface area (Å²) in [6.45, 7) is 3.29. The van der Waals surface area contributed by atoms with Crippen LogP contribution in [0.1, 0.15) is 24.3 Å². The molecule has 144 valence electrons. The van der Waals surface area contributed by atoms with Crippen LogP contribution in [0.2, 0.25) is 0 Å². The third-order valence-corrected chi connectivity index (χ3v) is 6.84. The molecule has 0 bridgehead atoms. The highest BCUT2D eigenvalue weighted by Crippen LogP contribution is 2.28. The molecule has 0 atom stereocenters. The summed E-state index contributed by atoms with van der Waals surface area (Å²) in [7, 11) is -3.50. The lowest BCUT2D eigenvalue weighted by Crippen LogP contribution is -2.57. The average molecular weight is 402 g/mol. The minimum atomic E-state index is -3.50. The van der Waals surface area contributed by atoms with E-state index < -0.39 is 20.5 Å². The highest BCUT2D eigenvalue weighted by molar-refractivity contribution is 7.92. The Hall–Kier alpha value is -1.64. The van der Waals surface area contributed by atoms with Gasteiger partial charge >= 0.3 is 0 Å². The number of halogens is 1. The number of aromatic nitrogens is 1. The number of para-hydroxylation sites is 1. The van der Waals surface area contributed by atoms with Gasteiger partial charge in [-0.15, -0.1) is 12.4 Å². The summed E-state index contributed by atoms with van der Waals surface area (Å²) in [5, 5.41) is 5.86. The fraction of sp³-hybridized carbons (Fsp3) is 0.529. The number of oxazole rings is 1. The van der Waals surface area contributed by atoms with Crippen LogP contribution in [0.3, 0.4) is 0 Å². The van der Waals surface area contributed by atoms with Gasteiger partial charge in [0.05, 0.1) is 0 Å². The van der Waals surface area contributed by atoms with Gasteiger partial charge in [0.1, 0.15) is 5.52 Å². The number of hydrogen-bond donors (Lipinski definition) is 2. The normalized spacial score (nSPS) is 16.8. The molecular weight excluding hydrogens is 378 g/mol. The van der Waals surface area contributed by atoms with E-state index in [9.17, 15) is 13.2 Å². The van der Waals surface area contributed by atoms with E-state index in [0.29, 0.717) is 43.8 Å². The second kappa shape index (κ2) is 7.94. The van der Waals surface area contributed by atoms with Gasteiger partial charge in [-0.3, -0.25) is 4.79 Å². The number of carbonyl (C=O) groups is 1. The van der Waals surface area contributed by atoms with Crippen LogP contribution in [0.15, 0.2) is 22.6 Å². The van der Waals surface area contributed by atoms with Crippen molar-refractivity contribution in [3.05, 3.63) is 29.7 Å². The molecule has 7 nitrogen and oxygen atoms in total. The number of nitrogens with one attached hydrogen (secondary N) is 2. The van der Waals surface area contributed by atoms with Gasteiger partial charge in [-0.05, 0) is 44.5 Å². The van der Waals surface area contributed by atoms with Crippen molar-refractivity contribution in [3.8, 4) is 0 Å². The highest BCUT2D eigenvalue weighted by atomic mass is 35.5. The highest BCUT2D eigenvalue weighted by Gasteiger charge is 2.48. The molecule has 1 aliphatic heterocycles. The molecular formula is C17H24ClN3O4S. The second-order valence-electron chi connectivity index (χ2n) is 6.55. The van der Waals surface area contributed by atoms with E-state index in [-0.39, 0.29) is 19.0 Å². The Morgan fingerprint density at radius 1 is 1.35 bits per heavy atom. The number of hydrogen-bond acceptors (Lipinski definition) is 6. The summed E-state index contributed by atoms with van der Waals surface area (Å²) < 4.78 is 28.8. The molecule has 2 heterocycles. The topological polar surface area (TPSA) is 101 Å². The van der Waals surface area contributed by atoms with Crippen LogP contribution in [-0.2, 0) is 21.1 Å². The second-order valence-corrected chi connectivity index (χ2v) is 8.88. The van der Waals surface area contributed by atoms with Crippen molar-refractivity contribution < 1.29 is 17.6 Å². The van der Waals surface area contributed by atoms with Gasteiger partial charge in [0, 0.05) is 19.2 Å². The zero-order chi connectivity index (χ0) is 18.1. The van der Waals surface area contributed by atoms with Crippen molar-refractivity contribution in [1.82, 2.24) is 15.6 Å². The molecule has 0 saturated carbocycles. The maximum Gasteiger partial charge on any atom is 0.241 e. The molecule has 1 aliphatic rings. The van der Waals surface area contributed by atoms with E-state index in [4.69, 9.17) is 4.42 Å². The Morgan fingerprint density at radius 3 is 2.65 bits per heavy atom. The summed E-state index contributed by atoms with van der Waals surface area (Å²) in [5.41, 5.74) is 2.56. The van der Waals surface area contributed by atoms with Crippen LogP contribution in [0.5, 0.6) is 0 Å². The predicted molar refractivity (Wildman–Crippen MR) is 102 cm³/mol. The van der Waals surface area contributed by atoms with Gasteiger partial charge < -0.3 is 15.1 Å². The molecule has 1 aromatic carbocycles. The Bertz CT molecular complexity index is 889. The molecule has 0 aliphatic carbocycles. The molecule has 0 spiro atoms. The summed E-state index contributed by atoms with van der Waals surface area (Å²) in [6, 6.07) is 5.72. The first-order valence-electron chi connectivity index (χ1n) is 8.37. The standard InChI is InChI=1S/C17H23N3O4S.ClH/c1-12-4-3-5-13-15(12)20-14(24-13)6-9-19-16(21)17(25(2,22)23)7-10-18-11-8-17;/h3-5,18H,6-11H2,1-2H3,(H,19,21);1H. The molecule has 1 amide bonds. The van der Waals surface area contributed by atoms with Crippen molar-refractivity contribution in [2.75, 3.05) is 25.9 Å². The Kier molecular flexibility index (Phi) is 6.31. The van der Waals surface area contributed by atoms with Gasteiger partial charge in [-0.2, -0.15) is 0 Å². The summed E-state index contributed by atoms with van der Waals surface area (Å²) >= 11 is 0. The van der Waals surface area contributed by atoms with Crippen molar-refractivity contribution in [3.63, 3.8) is 0 Å². The van der Waals surface area contributed by atoms with Gasteiger partial charge in [0.15, 0.2) is 26.1 Å². The van der Waals surface area contributed by atoms with Crippen LogP contribution >= 0.6 is 12.4 Å². The third-order valence-electron chi connectivity index (χ3n) is 4.82. The van der Waals surface area contributed by atoms with Gasteiger partial charge in [-0.25, -0.2) is 13.4 Å². The number of amides is 1. The van der Waals surface area contributed by atoms with Crippen molar-refractivity contribution in [1.29, 1.82) is 0 Å². The van der Waals surface area contributed by atoms with Crippen molar-refractivity contribution in [2.24, 2.45) is 0 Å². The maximum atomic E-state index is 12.6. The SMILES string of the molecule is Cc1cccc2oc(CCNC(=O)C3(S(C)(=O)=O)CCNCC3)nc12.Cl. The van der Waals surface area contributed by atoms with Crippen LogP contribution in [0.4, 0.5) is 0 Å². The lowest BCUT2D eigenvalue weighted by Gasteiger charge is -2.34. The quantitative estimate of drug-likeness (QED) is 0.784. The minimum Gasteiger partial charge on any atom is -0.441 e. The van der Waals surface area contributed by atoms with Gasteiger partial charge in [-0.1, -0.05) is 12.1 Å². The Morgan fingerprint density at radius 2 is 2.04 bits per heavy atom. The number of aryl methyl sites for hydroxylation is 1. The van der Waals surface area contributed by atoms with Crippen LogP contribution in [0, 0.1) is 6.92 Å². The number of sulfone groups is 1. The molecule has 0 radical (unpaired) electrons. The largest absolute Gasteiger partial charge is 0.441 e. The smallest absolute Gasteiger partial charge is 0.241 e. The Balaban J connectivity index is 0.00000243. The van der Waals surface area contributed by atoms with Gasteiger partial charge in [0.25, 0.3) is 0 Å². The maximum absolute atomic E-state index is 12.6. The molecule has 2 N–H and O–H groups in total. The number of piperidine rings is 1. The van der Waals surface area contributed by atoms with Crippen molar-refractivity contribution in [2.45, 2.75) is 30.9 Å².